The largest absolute Gasteiger partial charge is 0.467 e. The smallest absolute Gasteiger partial charge is 0.334 e. The molecule has 0 aliphatic rings. The second-order valence-corrected chi connectivity index (χ2v) is 2.54. The molecule has 1 unspecified atom stereocenters. The van der Waals surface area contributed by atoms with Crippen molar-refractivity contribution in [2.45, 2.75) is 32.3 Å². The third kappa shape index (κ3) is 4.91. The fourth-order valence-electron chi connectivity index (χ4n) is 0.850. The summed E-state index contributed by atoms with van der Waals surface area (Å²) in [7, 11) is 1.28. The van der Waals surface area contributed by atoms with Gasteiger partial charge in [0.15, 0.2) is 6.10 Å². The molecule has 0 aliphatic heterocycles. The maximum Gasteiger partial charge on any atom is 0.334 e. The molecule has 70 valence electrons. The Morgan fingerprint density at radius 2 is 2.33 bits per heavy atom. The average Bonchev–Trinajstić information content (AvgIpc) is 2.10. The highest BCUT2D eigenvalue weighted by atomic mass is 16.5. The van der Waals surface area contributed by atoms with Gasteiger partial charge in [0.1, 0.15) is 0 Å². The summed E-state index contributed by atoms with van der Waals surface area (Å²) < 4.78 is 4.36. The average molecular weight is 172 g/mol. The van der Waals surface area contributed by atoms with Gasteiger partial charge in [0, 0.05) is 0 Å². The lowest BCUT2D eigenvalue weighted by atomic mass is 10.1. The van der Waals surface area contributed by atoms with Gasteiger partial charge in [0.25, 0.3) is 0 Å². The van der Waals surface area contributed by atoms with E-state index in [-0.39, 0.29) is 0 Å². The Kier molecular flexibility index (Phi) is 6.38. The van der Waals surface area contributed by atoms with E-state index < -0.39 is 12.1 Å². The van der Waals surface area contributed by atoms with E-state index in [9.17, 15) is 4.79 Å². The second-order valence-electron chi connectivity index (χ2n) is 2.54. The number of carbonyl (C=O) groups is 1. The van der Waals surface area contributed by atoms with E-state index in [0.29, 0.717) is 6.42 Å². The lowest BCUT2D eigenvalue weighted by Gasteiger charge is -2.05. The Morgan fingerprint density at radius 1 is 1.67 bits per heavy atom. The van der Waals surface area contributed by atoms with Crippen LogP contribution in [0.5, 0.6) is 0 Å². The van der Waals surface area contributed by atoms with E-state index in [0.717, 1.165) is 12.8 Å². The fourth-order valence-corrected chi connectivity index (χ4v) is 0.850. The van der Waals surface area contributed by atoms with Crippen LogP contribution in [0.1, 0.15) is 26.2 Å². The van der Waals surface area contributed by atoms with E-state index in [1.807, 2.05) is 19.1 Å². The maximum absolute atomic E-state index is 10.7. The lowest BCUT2D eigenvalue weighted by molar-refractivity contribution is -0.150. The van der Waals surface area contributed by atoms with Crippen molar-refractivity contribution in [3.63, 3.8) is 0 Å². The van der Waals surface area contributed by atoms with Crippen LogP contribution in [0.15, 0.2) is 12.2 Å². The molecule has 3 heteroatoms. The summed E-state index contributed by atoms with van der Waals surface area (Å²) in [4.78, 5) is 10.7. The van der Waals surface area contributed by atoms with Gasteiger partial charge in [0.05, 0.1) is 7.11 Å². The first-order valence-corrected chi connectivity index (χ1v) is 4.09. The second kappa shape index (κ2) is 6.85. The zero-order valence-electron chi connectivity index (χ0n) is 7.62. The summed E-state index contributed by atoms with van der Waals surface area (Å²) in [6, 6.07) is 0. The molecule has 0 rings (SSSR count). The van der Waals surface area contributed by atoms with Gasteiger partial charge in [-0.3, -0.25) is 0 Å². The molecule has 12 heavy (non-hydrogen) atoms. The summed E-state index contributed by atoms with van der Waals surface area (Å²) in [5, 5.41) is 9.12. The molecule has 0 aliphatic carbocycles. The summed E-state index contributed by atoms with van der Waals surface area (Å²) in [6.45, 7) is 1.94. The van der Waals surface area contributed by atoms with Crippen molar-refractivity contribution in [2.24, 2.45) is 0 Å². The Hall–Kier alpha value is -0.830. The minimum absolute atomic E-state index is 0.469. The molecule has 0 aromatic heterocycles. The molecule has 3 nitrogen and oxygen atoms in total. The van der Waals surface area contributed by atoms with Crippen molar-refractivity contribution in [3.8, 4) is 0 Å². The Labute approximate surface area is 73.0 Å². The van der Waals surface area contributed by atoms with Gasteiger partial charge in [-0.2, -0.15) is 0 Å². The predicted molar refractivity (Wildman–Crippen MR) is 46.7 cm³/mol. The zero-order chi connectivity index (χ0) is 9.40. The molecule has 0 bridgehead atoms. The highest BCUT2D eigenvalue weighted by molar-refractivity contribution is 5.74. The summed E-state index contributed by atoms with van der Waals surface area (Å²) in [6.07, 6.45) is 5.16. The van der Waals surface area contributed by atoms with Gasteiger partial charge in [-0.1, -0.05) is 12.2 Å². The summed E-state index contributed by atoms with van der Waals surface area (Å²) in [5.41, 5.74) is 0. The van der Waals surface area contributed by atoms with Gasteiger partial charge in [-0.15, -0.1) is 0 Å². The number of aliphatic hydroxyl groups is 1. The number of rotatable bonds is 5. The van der Waals surface area contributed by atoms with Crippen LogP contribution in [0.2, 0.25) is 0 Å². The molecular formula is C9H16O3. The lowest BCUT2D eigenvalue weighted by Crippen LogP contribution is -2.21. The summed E-state index contributed by atoms with van der Waals surface area (Å²) in [5.74, 6) is -0.546. The monoisotopic (exact) mass is 172 g/mol. The number of ether oxygens (including phenoxy) is 1. The van der Waals surface area contributed by atoms with Crippen molar-refractivity contribution < 1.29 is 14.6 Å². The number of unbranched alkanes of at least 4 members (excludes halogenated alkanes) is 1. The minimum atomic E-state index is -0.958. The Morgan fingerprint density at radius 3 is 2.83 bits per heavy atom. The Balaban J connectivity index is 3.43. The van der Waals surface area contributed by atoms with Crippen LogP contribution < -0.4 is 0 Å². The zero-order valence-corrected chi connectivity index (χ0v) is 7.62. The summed E-state index contributed by atoms with van der Waals surface area (Å²) >= 11 is 0. The highest BCUT2D eigenvalue weighted by Gasteiger charge is 2.13. The van der Waals surface area contributed by atoms with Gasteiger partial charge in [-0.25, -0.2) is 4.79 Å². The molecule has 0 aromatic rings. The Bertz CT molecular complexity index is 152. The molecule has 0 spiro atoms. The molecule has 0 amide bonds. The third-order valence-electron chi connectivity index (χ3n) is 1.56. The van der Waals surface area contributed by atoms with Crippen molar-refractivity contribution in [1.29, 1.82) is 0 Å². The van der Waals surface area contributed by atoms with Crippen LogP contribution >= 0.6 is 0 Å². The van der Waals surface area contributed by atoms with Crippen molar-refractivity contribution in [2.75, 3.05) is 7.11 Å². The SMILES string of the molecule is CC=CCCCC(O)C(=O)OC. The molecule has 0 radical (unpaired) electrons. The predicted octanol–water partition coefficient (Wildman–Crippen LogP) is 1.27. The molecule has 0 saturated heterocycles. The number of methoxy groups -OCH3 is 1. The van der Waals surface area contributed by atoms with Crippen molar-refractivity contribution in [3.05, 3.63) is 12.2 Å². The van der Waals surface area contributed by atoms with Crippen LogP contribution in [-0.4, -0.2) is 24.3 Å². The first kappa shape index (κ1) is 11.2. The van der Waals surface area contributed by atoms with Crippen LogP contribution in [0.4, 0.5) is 0 Å². The first-order valence-electron chi connectivity index (χ1n) is 4.09. The standard InChI is InChI=1S/C9H16O3/c1-3-4-5-6-7-8(10)9(11)12-2/h3-4,8,10H,5-7H2,1-2H3. The molecule has 1 atom stereocenters. The number of aliphatic hydroxyl groups excluding tert-OH is 1. The first-order chi connectivity index (χ1) is 5.72. The quantitative estimate of drug-likeness (QED) is 0.386. The van der Waals surface area contributed by atoms with Gasteiger partial charge < -0.3 is 9.84 Å². The third-order valence-corrected chi connectivity index (χ3v) is 1.56. The molecule has 0 aromatic carbocycles. The van der Waals surface area contributed by atoms with E-state index in [1.54, 1.807) is 0 Å². The van der Waals surface area contributed by atoms with Crippen molar-refractivity contribution in [1.82, 2.24) is 0 Å². The number of hydrogen-bond acceptors (Lipinski definition) is 3. The van der Waals surface area contributed by atoms with E-state index in [1.165, 1.54) is 7.11 Å². The highest BCUT2D eigenvalue weighted by Crippen LogP contribution is 2.02. The maximum atomic E-state index is 10.7. The van der Waals surface area contributed by atoms with Crippen LogP contribution in [0.25, 0.3) is 0 Å². The topological polar surface area (TPSA) is 46.5 Å². The molecule has 1 N–H and O–H groups in total. The van der Waals surface area contributed by atoms with Gasteiger partial charge in [0.2, 0.25) is 0 Å². The number of hydrogen-bond donors (Lipinski definition) is 1. The number of carbonyl (C=O) groups excluding carboxylic acids is 1. The normalized spacial score (nSPS) is 13.2. The fraction of sp³-hybridized carbons (Fsp3) is 0.667. The van der Waals surface area contributed by atoms with Crippen LogP contribution in [0, 0.1) is 0 Å². The van der Waals surface area contributed by atoms with E-state index in [2.05, 4.69) is 4.74 Å². The minimum Gasteiger partial charge on any atom is -0.467 e. The molecular weight excluding hydrogens is 156 g/mol. The molecule has 0 fully saturated rings. The number of esters is 1. The molecule has 0 saturated carbocycles. The van der Waals surface area contributed by atoms with Gasteiger partial charge in [-0.05, 0) is 26.2 Å². The van der Waals surface area contributed by atoms with Gasteiger partial charge >= 0.3 is 5.97 Å². The van der Waals surface area contributed by atoms with Crippen LogP contribution in [0.3, 0.4) is 0 Å². The van der Waals surface area contributed by atoms with Crippen molar-refractivity contribution >= 4 is 5.97 Å². The molecule has 0 heterocycles. The van der Waals surface area contributed by atoms with Crippen LogP contribution in [-0.2, 0) is 9.53 Å². The van der Waals surface area contributed by atoms with E-state index >= 15 is 0 Å². The number of allylic oxidation sites excluding steroid dienone is 2. The van der Waals surface area contributed by atoms with E-state index in [4.69, 9.17) is 5.11 Å².